The molecule has 2 N–H and O–H groups in total. The second-order valence-electron chi connectivity index (χ2n) is 9.41. The number of amides is 3. The van der Waals surface area contributed by atoms with Gasteiger partial charge in [-0.2, -0.15) is 5.10 Å². The zero-order valence-corrected chi connectivity index (χ0v) is 22.9. The summed E-state index contributed by atoms with van der Waals surface area (Å²) in [6.07, 6.45) is 1.66. The van der Waals surface area contributed by atoms with E-state index in [0.717, 1.165) is 40.9 Å². The molecule has 3 amide bonds. The number of anilines is 2. The van der Waals surface area contributed by atoms with Gasteiger partial charge in [-0.05, 0) is 50.1 Å². The molecule has 202 valence electrons. The van der Waals surface area contributed by atoms with E-state index in [0.29, 0.717) is 23.8 Å². The van der Waals surface area contributed by atoms with Gasteiger partial charge in [0.1, 0.15) is 18.1 Å². The van der Waals surface area contributed by atoms with Crippen molar-refractivity contribution >= 4 is 23.4 Å². The largest absolute Gasteiger partial charge is 0.497 e. The van der Waals surface area contributed by atoms with Crippen LogP contribution in [0.25, 0.3) is 16.8 Å². The molecule has 0 aliphatic carbocycles. The molecule has 8 heteroatoms. The lowest BCUT2D eigenvalue weighted by molar-refractivity contribution is -0.116. The zero-order chi connectivity index (χ0) is 27.8. The monoisotopic (exact) mass is 525 g/mol. The van der Waals surface area contributed by atoms with E-state index >= 15 is 0 Å². The van der Waals surface area contributed by atoms with Crippen molar-refractivity contribution in [3.05, 3.63) is 90.1 Å². The van der Waals surface area contributed by atoms with Crippen LogP contribution in [0.1, 0.15) is 31.0 Å². The number of carbonyl (C=O) groups excluding carboxylic acids is 2. The van der Waals surface area contributed by atoms with Gasteiger partial charge in [0.25, 0.3) is 0 Å². The molecule has 0 saturated carbocycles. The minimum atomic E-state index is -0.349. The van der Waals surface area contributed by atoms with Gasteiger partial charge in [0.15, 0.2) is 0 Å². The molecule has 0 aliphatic rings. The van der Waals surface area contributed by atoms with Crippen LogP contribution in [0.5, 0.6) is 5.75 Å². The molecular weight excluding hydrogens is 490 g/mol. The summed E-state index contributed by atoms with van der Waals surface area (Å²) in [7, 11) is 1.57. The number of methoxy groups -OCH3 is 1. The first kappa shape index (κ1) is 27.4. The summed E-state index contributed by atoms with van der Waals surface area (Å²) in [6.45, 7) is 6.34. The van der Waals surface area contributed by atoms with E-state index in [-0.39, 0.29) is 18.5 Å². The molecule has 0 bridgehead atoms. The second-order valence-corrected chi connectivity index (χ2v) is 9.41. The Kier molecular flexibility index (Phi) is 8.99. The van der Waals surface area contributed by atoms with Crippen molar-refractivity contribution in [3.8, 4) is 22.6 Å². The van der Waals surface area contributed by atoms with Crippen molar-refractivity contribution in [2.24, 2.45) is 0 Å². The topological polar surface area (TPSA) is 88.5 Å². The number of unbranched alkanes of at least 4 members (excludes halogenated alkanes) is 1. The highest BCUT2D eigenvalue weighted by atomic mass is 16.5. The normalized spacial score (nSPS) is 10.7. The molecule has 0 fully saturated rings. The van der Waals surface area contributed by atoms with Crippen LogP contribution >= 0.6 is 0 Å². The second kappa shape index (κ2) is 12.8. The molecule has 3 aromatic carbocycles. The first-order valence-electron chi connectivity index (χ1n) is 13.1. The van der Waals surface area contributed by atoms with Crippen molar-refractivity contribution in [2.75, 3.05) is 30.8 Å². The smallest absolute Gasteiger partial charge is 0.322 e. The summed E-state index contributed by atoms with van der Waals surface area (Å²) in [5, 5.41) is 10.7. The highest BCUT2D eigenvalue weighted by Crippen LogP contribution is 2.33. The number of nitrogens with zero attached hydrogens (tertiary/aromatic N) is 3. The van der Waals surface area contributed by atoms with Crippen LogP contribution in [-0.2, 0) is 4.79 Å². The number of benzene rings is 3. The lowest BCUT2D eigenvalue weighted by Crippen LogP contribution is -2.41. The molecular formula is C31H35N5O3. The maximum Gasteiger partial charge on any atom is 0.322 e. The molecule has 0 radical (unpaired) electrons. The number of carbonyl (C=O) groups is 2. The number of aryl methyl sites for hydroxylation is 2. The minimum absolute atomic E-state index is 0.109. The zero-order valence-electron chi connectivity index (χ0n) is 22.9. The van der Waals surface area contributed by atoms with Gasteiger partial charge in [-0.1, -0.05) is 67.4 Å². The number of aromatic nitrogens is 2. The first-order chi connectivity index (χ1) is 18.9. The Bertz CT molecular complexity index is 1410. The Morgan fingerprint density at radius 2 is 1.69 bits per heavy atom. The number of rotatable bonds is 10. The van der Waals surface area contributed by atoms with Crippen LogP contribution in [0, 0.1) is 13.8 Å². The van der Waals surface area contributed by atoms with Gasteiger partial charge in [0.2, 0.25) is 5.91 Å². The fourth-order valence-corrected chi connectivity index (χ4v) is 4.32. The Labute approximate surface area is 229 Å². The van der Waals surface area contributed by atoms with Gasteiger partial charge in [0, 0.05) is 23.9 Å². The first-order valence-corrected chi connectivity index (χ1v) is 13.1. The summed E-state index contributed by atoms with van der Waals surface area (Å²) < 4.78 is 7.01. The summed E-state index contributed by atoms with van der Waals surface area (Å²) in [5.41, 5.74) is 5.13. The predicted octanol–water partition coefficient (Wildman–Crippen LogP) is 6.44. The molecule has 39 heavy (non-hydrogen) atoms. The molecule has 0 atom stereocenters. The van der Waals surface area contributed by atoms with Crippen LogP contribution in [0.15, 0.2) is 78.9 Å². The van der Waals surface area contributed by atoms with Crippen molar-refractivity contribution in [1.29, 1.82) is 0 Å². The molecule has 0 saturated heterocycles. The number of nitrogens with one attached hydrogen (secondary N) is 2. The van der Waals surface area contributed by atoms with Gasteiger partial charge in [-0.25, -0.2) is 9.48 Å². The SMILES string of the molecule is CCCCN(CC(=O)Nc1c(-c2ccccc2)c(C)nn1-c1ccc(C)cc1)C(=O)Nc1cccc(OC)c1. The Morgan fingerprint density at radius 1 is 0.949 bits per heavy atom. The Morgan fingerprint density at radius 3 is 2.38 bits per heavy atom. The molecule has 8 nitrogen and oxygen atoms in total. The van der Waals surface area contributed by atoms with Crippen LogP contribution in [0.2, 0.25) is 0 Å². The number of ether oxygens (including phenoxy) is 1. The highest BCUT2D eigenvalue weighted by Gasteiger charge is 2.23. The van der Waals surface area contributed by atoms with Gasteiger partial charge >= 0.3 is 6.03 Å². The minimum Gasteiger partial charge on any atom is -0.497 e. The third kappa shape index (κ3) is 6.84. The van der Waals surface area contributed by atoms with E-state index in [2.05, 4.69) is 10.6 Å². The van der Waals surface area contributed by atoms with Crippen molar-refractivity contribution < 1.29 is 14.3 Å². The van der Waals surface area contributed by atoms with Crippen molar-refractivity contribution in [3.63, 3.8) is 0 Å². The van der Waals surface area contributed by atoms with E-state index < -0.39 is 0 Å². The molecule has 4 rings (SSSR count). The van der Waals surface area contributed by atoms with Crippen LogP contribution in [0.3, 0.4) is 0 Å². The lowest BCUT2D eigenvalue weighted by Gasteiger charge is -2.23. The summed E-state index contributed by atoms with van der Waals surface area (Å²) in [5.74, 6) is 0.896. The highest BCUT2D eigenvalue weighted by molar-refractivity contribution is 5.99. The van der Waals surface area contributed by atoms with E-state index in [1.807, 2.05) is 81.4 Å². The summed E-state index contributed by atoms with van der Waals surface area (Å²) in [4.78, 5) is 28.2. The Hall–Kier alpha value is -4.59. The van der Waals surface area contributed by atoms with Crippen LogP contribution < -0.4 is 15.4 Å². The lowest BCUT2D eigenvalue weighted by atomic mass is 10.1. The van der Waals surface area contributed by atoms with Crippen molar-refractivity contribution in [2.45, 2.75) is 33.6 Å². The maximum absolute atomic E-state index is 13.5. The van der Waals surface area contributed by atoms with Crippen molar-refractivity contribution in [1.82, 2.24) is 14.7 Å². The Balaban J connectivity index is 1.61. The van der Waals surface area contributed by atoms with E-state index in [1.54, 1.807) is 30.0 Å². The quantitative estimate of drug-likeness (QED) is 0.249. The van der Waals surface area contributed by atoms with Crippen LogP contribution in [0.4, 0.5) is 16.3 Å². The van der Waals surface area contributed by atoms with Crippen LogP contribution in [-0.4, -0.2) is 46.8 Å². The van der Waals surface area contributed by atoms with E-state index in [1.165, 1.54) is 4.90 Å². The molecule has 0 spiro atoms. The van der Waals surface area contributed by atoms with Gasteiger partial charge in [-0.15, -0.1) is 0 Å². The standard InChI is InChI=1S/C31H35N5O3/c1-5-6-19-35(31(38)32-25-13-10-14-27(20-25)39-4)21-28(37)33-30-29(24-11-8-7-9-12-24)23(3)34-36(30)26-17-15-22(2)16-18-26/h7-18,20H,5-6,19,21H2,1-4H3,(H,32,38)(H,33,37). The van der Waals surface area contributed by atoms with Gasteiger partial charge < -0.3 is 20.3 Å². The van der Waals surface area contributed by atoms with E-state index in [9.17, 15) is 9.59 Å². The number of urea groups is 1. The number of hydrogen-bond acceptors (Lipinski definition) is 4. The average Bonchev–Trinajstić information content (AvgIpc) is 3.27. The van der Waals surface area contributed by atoms with Gasteiger partial charge in [0.05, 0.1) is 18.5 Å². The molecule has 0 unspecified atom stereocenters. The molecule has 4 aromatic rings. The maximum atomic E-state index is 13.5. The summed E-state index contributed by atoms with van der Waals surface area (Å²) >= 11 is 0. The fraction of sp³-hybridized carbons (Fsp3) is 0.258. The third-order valence-electron chi connectivity index (χ3n) is 6.38. The van der Waals surface area contributed by atoms with E-state index in [4.69, 9.17) is 9.84 Å². The third-order valence-corrected chi connectivity index (χ3v) is 6.38. The number of hydrogen-bond donors (Lipinski definition) is 2. The molecule has 0 aliphatic heterocycles. The predicted molar refractivity (Wildman–Crippen MR) is 156 cm³/mol. The fourth-order valence-electron chi connectivity index (χ4n) is 4.32. The molecule has 1 aromatic heterocycles. The average molecular weight is 526 g/mol. The molecule has 1 heterocycles. The van der Waals surface area contributed by atoms with Gasteiger partial charge in [-0.3, -0.25) is 4.79 Å². The summed E-state index contributed by atoms with van der Waals surface area (Å²) in [6, 6.07) is 24.6.